The number of nitrogens with zero attached hydrogens (tertiary/aromatic N) is 3. The smallest absolute Gasteiger partial charge is 0.227 e. The van der Waals surface area contributed by atoms with Gasteiger partial charge in [0.25, 0.3) is 0 Å². The van der Waals surface area contributed by atoms with Gasteiger partial charge >= 0.3 is 0 Å². The SMILES string of the molecule is CNc1nc(N2CCCC(S(=O)(=O)NC)C2)nc2ccccc12. The quantitative estimate of drug-likeness (QED) is 0.873. The van der Waals surface area contributed by atoms with Crippen LogP contribution in [-0.2, 0) is 10.0 Å². The summed E-state index contributed by atoms with van der Waals surface area (Å²) >= 11 is 0. The first kappa shape index (κ1) is 15.9. The monoisotopic (exact) mass is 335 g/mol. The fourth-order valence-electron chi connectivity index (χ4n) is 2.94. The zero-order chi connectivity index (χ0) is 16.4. The van der Waals surface area contributed by atoms with Gasteiger partial charge in [0.05, 0.1) is 10.8 Å². The van der Waals surface area contributed by atoms with Crippen LogP contribution in [0.3, 0.4) is 0 Å². The Morgan fingerprint density at radius 3 is 2.74 bits per heavy atom. The molecule has 1 atom stereocenters. The topological polar surface area (TPSA) is 87.2 Å². The number of hydrogen-bond acceptors (Lipinski definition) is 6. The molecule has 0 radical (unpaired) electrons. The summed E-state index contributed by atoms with van der Waals surface area (Å²) in [5.41, 5.74) is 0.848. The number of sulfonamides is 1. The molecule has 2 heterocycles. The van der Waals surface area contributed by atoms with Crippen LogP contribution >= 0.6 is 0 Å². The molecule has 1 fully saturated rings. The minimum atomic E-state index is -3.28. The fourth-order valence-corrected chi connectivity index (χ4v) is 4.12. The molecular formula is C15H21N5O2S. The van der Waals surface area contributed by atoms with Crippen LogP contribution in [0.1, 0.15) is 12.8 Å². The minimum absolute atomic E-state index is 0.407. The second-order valence-electron chi connectivity index (χ2n) is 5.60. The summed E-state index contributed by atoms with van der Waals surface area (Å²) in [6.07, 6.45) is 1.46. The maximum atomic E-state index is 12.1. The lowest BCUT2D eigenvalue weighted by atomic mass is 10.1. The highest BCUT2D eigenvalue weighted by Crippen LogP contribution is 2.26. The highest BCUT2D eigenvalue weighted by Gasteiger charge is 2.31. The van der Waals surface area contributed by atoms with E-state index in [9.17, 15) is 8.42 Å². The largest absolute Gasteiger partial charge is 0.372 e. The maximum Gasteiger partial charge on any atom is 0.227 e. The number of anilines is 2. The molecule has 0 spiro atoms. The summed E-state index contributed by atoms with van der Waals surface area (Å²) in [7, 11) is -0.00250. The molecule has 0 amide bonds. The Morgan fingerprint density at radius 2 is 2.00 bits per heavy atom. The van der Waals surface area contributed by atoms with Crippen molar-refractivity contribution in [1.82, 2.24) is 14.7 Å². The van der Waals surface area contributed by atoms with Crippen LogP contribution < -0.4 is 14.9 Å². The summed E-state index contributed by atoms with van der Waals surface area (Å²) in [6.45, 7) is 1.17. The van der Waals surface area contributed by atoms with E-state index in [0.717, 1.165) is 29.7 Å². The molecule has 3 rings (SSSR count). The standard InChI is InChI=1S/C15H21N5O2S/c1-16-14-12-7-3-4-8-13(12)18-15(19-14)20-9-5-6-11(10-20)23(21,22)17-2/h3-4,7-8,11,17H,5-6,9-10H2,1-2H3,(H,16,18,19). The molecule has 7 nitrogen and oxygen atoms in total. The van der Waals surface area contributed by atoms with Gasteiger partial charge in [-0.15, -0.1) is 0 Å². The summed E-state index contributed by atoms with van der Waals surface area (Å²) < 4.78 is 26.6. The van der Waals surface area contributed by atoms with Crippen molar-refractivity contribution in [1.29, 1.82) is 0 Å². The van der Waals surface area contributed by atoms with Gasteiger partial charge in [-0.1, -0.05) is 12.1 Å². The first-order valence-electron chi connectivity index (χ1n) is 7.67. The Bertz CT molecular complexity index is 809. The van der Waals surface area contributed by atoms with Gasteiger partial charge in [-0.05, 0) is 32.0 Å². The molecule has 1 aliphatic heterocycles. The predicted octanol–water partition coefficient (Wildman–Crippen LogP) is 1.19. The Balaban J connectivity index is 1.96. The third kappa shape index (κ3) is 3.09. The van der Waals surface area contributed by atoms with E-state index in [1.807, 2.05) is 36.2 Å². The van der Waals surface area contributed by atoms with E-state index in [1.165, 1.54) is 7.05 Å². The van der Waals surface area contributed by atoms with Crippen molar-refractivity contribution in [2.24, 2.45) is 0 Å². The van der Waals surface area contributed by atoms with Gasteiger partial charge < -0.3 is 10.2 Å². The van der Waals surface area contributed by atoms with Crippen molar-refractivity contribution in [3.05, 3.63) is 24.3 Å². The molecule has 1 aromatic heterocycles. The minimum Gasteiger partial charge on any atom is -0.372 e. The van der Waals surface area contributed by atoms with Crippen molar-refractivity contribution < 1.29 is 8.42 Å². The summed E-state index contributed by atoms with van der Waals surface area (Å²) in [6, 6.07) is 7.79. The Morgan fingerprint density at radius 1 is 1.22 bits per heavy atom. The fraction of sp³-hybridized carbons (Fsp3) is 0.467. The molecule has 2 aromatic rings. The average molecular weight is 335 g/mol. The normalized spacial score (nSPS) is 19.0. The van der Waals surface area contributed by atoms with Gasteiger partial charge in [0, 0.05) is 25.5 Å². The third-order valence-electron chi connectivity index (χ3n) is 4.21. The van der Waals surface area contributed by atoms with Crippen molar-refractivity contribution in [3.63, 3.8) is 0 Å². The van der Waals surface area contributed by atoms with Crippen molar-refractivity contribution >= 4 is 32.7 Å². The molecule has 2 N–H and O–H groups in total. The number of fused-ring (bicyclic) bond motifs is 1. The second-order valence-corrected chi connectivity index (χ2v) is 7.76. The second kappa shape index (κ2) is 6.29. The van der Waals surface area contributed by atoms with Gasteiger partial charge in [-0.2, -0.15) is 4.98 Å². The number of rotatable bonds is 4. The third-order valence-corrected chi connectivity index (χ3v) is 6.04. The van der Waals surface area contributed by atoms with E-state index in [-0.39, 0.29) is 0 Å². The van der Waals surface area contributed by atoms with Gasteiger partial charge in [0.15, 0.2) is 0 Å². The number of benzene rings is 1. The highest BCUT2D eigenvalue weighted by atomic mass is 32.2. The molecule has 8 heteroatoms. The molecule has 124 valence electrons. The summed E-state index contributed by atoms with van der Waals surface area (Å²) in [4.78, 5) is 11.1. The van der Waals surface area contributed by atoms with Crippen LogP contribution in [0, 0.1) is 0 Å². The van der Waals surface area contributed by atoms with Crippen LogP contribution in [0.4, 0.5) is 11.8 Å². The first-order valence-corrected chi connectivity index (χ1v) is 9.21. The lowest BCUT2D eigenvalue weighted by Gasteiger charge is -2.32. The molecular weight excluding hydrogens is 314 g/mol. The van der Waals surface area contributed by atoms with Crippen LogP contribution in [0.25, 0.3) is 10.9 Å². The first-order chi connectivity index (χ1) is 11.0. The molecule has 1 saturated heterocycles. The number of nitrogens with one attached hydrogen (secondary N) is 2. The maximum absolute atomic E-state index is 12.1. The molecule has 1 aromatic carbocycles. The lowest BCUT2D eigenvalue weighted by Crippen LogP contribution is -2.46. The van der Waals surface area contributed by atoms with Crippen LogP contribution in [0.2, 0.25) is 0 Å². The zero-order valence-corrected chi connectivity index (χ0v) is 14.1. The van der Waals surface area contributed by atoms with E-state index in [2.05, 4.69) is 20.0 Å². The summed E-state index contributed by atoms with van der Waals surface area (Å²) in [5, 5.41) is 3.61. The van der Waals surface area contributed by atoms with E-state index in [4.69, 9.17) is 0 Å². The van der Waals surface area contributed by atoms with Gasteiger partial charge in [-0.3, -0.25) is 0 Å². The Kier molecular flexibility index (Phi) is 4.36. The molecule has 1 unspecified atom stereocenters. The van der Waals surface area contributed by atoms with Crippen LogP contribution in [-0.4, -0.2) is 50.8 Å². The van der Waals surface area contributed by atoms with Gasteiger partial charge in [-0.25, -0.2) is 18.1 Å². The molecule has 0 bridgehead atoms. The highest BCUT2D eigenvalue weighted by molar-refractivity contribution is 7.90. The molecule has 1 aliphatic rings. The number of para-hydroxylation sites is 1. The lowest BCUT2D eigenvalue weighted by molar-refractivity contribution is 0.522. The average Bonchev–Trinajstić information content (AvgIpc) is 2.60. The van der Waals surface area contributed by atoms with Crippen molar-refractivity contribution in [2.45, 2.75) is 18.1 Å². The van der Waals surface area contributed by atoms with Crippen LogP contribution in [0.15, 0.2) is 24.3 Å². The van der Waals surface area contributed by atoms with Gasteiger partial charge in [0.1, 0.15) is 5.82 Å². The Labute approximate surface area is 136 Å². The van der Waals surface area contributed by atoms with Crippen LogP contribution in [0.5, 0.6) is 0 Å². The Hall–Kier alpha value is -1.93. The van der Waals surface area contributed by atoms with Crippen molar-refractivity contribution in [2.75, 3.05) is 37.4 Å². The molecule has 0 aliphatic carbocycles. The van der Waals surface area contributed by atoms with E-state index in [1.54, 1.807) is 0 Å². The summed E-state index contributed by atoms with van der Waals surface area (Å²) in [5.74, 6) is 1.33. The van der Waals surface area contributed by atoms with Crippen molar-refractivity contribution in [3.8, 4) is 0 Å². The number of aromatic nitrogens is 2. The van der Waals surface area contributed by atoms with E-state index >= 15 is 0 Å². The predicted molar refractivity (Wildman–Crippen MR) is 92.3 cm³/mol. The molecule has 23 heavy (non-hydrogen) atoms. The zero-order valence-electron chi connectivity index (χ0n) is 13.3. The van der Waals surface area contributed by atoms with E-state index < -0.39 is 15.3 Å². The van der Waals surface area contributed by atoms with Gasteiger partial charge in [0.2, 0.25) is 16.0 Å². The number of hydrogen-bond donors (Lipinski definition) is 2. The number of piperidine rings is 1. The molecule has 0 saturated carbocycles. The van der Waals surface area contributed by atoms with E-state index in [0.29, 0.717) is 18.9 Å².